The van der Waals surface area contributed by atoms with Crippen molar-refractivity contribution in [1.82, 2.24) is 5.32 Å². The lowest BCUT2D eigenvalue weighted by Gasteiger charge is -2.21. The highest BCUT2D eigenvalue weighted by Gasteiger charge is 2.20. The molecule has 0 bridgehead atoms. The minimum absolute atomic E-state index is 0.290. The number of hydrogen-bond acceptors (Lipinski definition) is 2. The maximum absolute atomic E-state index is 14.1. The number of hydrogen-bond donors (Lipinski definition) is 1. The van der Waals surface area contributed by atoms with Crippen molar-refractivity contribution in [2.75, 3.05) is 14.2 Å². The number of rotatable bonds is 4. The van der Waals surface area contributed by atoms with Gasteiger partial charge >= 0.3 is 0 Å². The smallest absolute Gasteiger partial charge is 0.129 e. The largest absolute Gasteiger partial charge is 0.496 e. The zero-order chi connectivity index (χ0) is 14.7. The second-order valence-corrected chi connectivity index (χ2v) is 5.07. The number of aryl methyl sites for hydroxylation is 1. The molecule has 0 aromatic heterocycles. The van der Waals surface area contributed by atoms with Crippen molar-refractivity contribution >= 4 is 11.6 Å². The molecule has 2 aromatic rings. The molecule has 0 amide bonds. The molecule has 0 saturated carbocycles. The molecule has 0 aliphatic carbocycles. The van der Waals surface area contributed by atoms with Crippen LogP contribution in [-0.2, 0) is 0 Å². The van der Waals surface area contributed by atoms with E-state index in [4.69, 9.17) is 16.3 Å². The second-order valence-electron chi connectivity index (χ2n) is 4.63. The van der Waals surface area contributed by atoms with E-state index in [1.165, 1.54) is 6.07 Å². The molecule has 2 aromatic carbocycles. The fourth-order valence-corrected chi connectivity index (χ4v) is 2.45. The Morgan fingerprint density at radius 2 is 1.90 bits per heavy atom. The molecule has 4 heteroatoms. The van der Waals surface area contributed by atoms with E-state index in [1.54, 1.807) is 26.3 Å². The lowest BCUT2D eigenvalue weighted by atomic mass is 9.96. The Morgan fingerprint density at radius 3 is 2.50 bits per heavy atom. The number of nitrogens with one attached hydrogen (secondary N) is 1. The quantitative estimate of drug-likeness (QED) is 0.916. The van der Waals surface area contributed by atoms with Gasteiger partial charge in [0.15, 0.2) is 0 Å². The van der Waals surface area contributed by atoms with Gasteiger partial charge in [-0.1, -0.05) is 35.4 Å². The molecule has 0 aliphatic rings. The first-order valence-corrected chi connectivity index (χ1v) is 6.71. The summed E-state index contributed by atoms with van der Waals surface area (Å²) in [5, 5.41) is 3.52. The number of ether oxygens (including phenoxy) is 1. The van der Waals surface area contributed by atoms with E-state index in [0.29, 0.717) is 10.6 Å². The fraction of sp³-hybridized carbons (Fsp3) is 0.250. The van der Waals surface area contributed by atoms with Crippen molar-refractivity contribution < 1.29 is 9.13 Å². The van der Waals surface area contributed by atoms with Gasteiger partial charge in [0.1, 0.15) is 11.6 Å². The Hall–Kier alpha value is -1.58. The van der Waals surface area contributed by atoms with Crippen LogP contribution in [0, 0.1) is 12.7 Å². The normalized spacial score (nSPS) is 12.2. The van der Waals surface area contributed by atoms with E-state index in [1.807, 2.05) is 25.1 Å². The van der Waals surface area contributed by atoms with Crippen LogP contribution in [0.1, 0.15) is 22.7 Å². The average molecular weight is 294 g/mol. The van der Waals surface area contributed by atoms with E-state index in [-0.39, 0.29) is 11.9 Å². The highest BCUT2D eigenvalue weighted by atomic mass is 35.5. The molecule has 1 unspecified atom stereocenters. The minimum Gasteiger partial charge on any atom is -0.496 e. The fourth-order valence-electron chi connectivity index (χ4n) is 2.29. The van der Waals surface area contributed by atoms with Gasteiger partial charge in [-0.2, -0.15) is 0 Å². The summed E-state index contributed by atoms with van der Waals surface area (Å²) in [5.41, 5.74) is 2.53. The van der Waals surface area contributed by atoms with Gasteiger partial charge in [0, 0.05) is 16.1 Å². The molecule has 106 valence electrons. The lowest BCUT2D eigenvalue weighted by Crippen LogP contribution is -2.19. The Labute approximate surface area is 123 Å². The maximum atomic E-state index is 14.1. The second kappa shape index (κ2) is 6.25. The SMILES string of the molecule is CNC(c1ccc(Cl)cc1F)c1cc(C)ccc1OC. The third-order valence-corrected chi connectivity index (χ3v) is 3.49. The summed E-state index contributed by atoms with van der Waals surface area (Å²) >= 11 is 5.81. The monoisotopic (exact) mass is 293 g/mol. The lowest BCUT2D eigenvalue weighted by molar-refractivity contribution is 0.404. The minimum atomic E-state index is -0.333. The molecule has 0 aliphatic heterocycles. The van der Waals surface area contributed by atoms with Crippen LogP contribution < -0.4 is 10.1 Å². The Morgan fingerprint density at radius 1 is 1.15 bits per heavy atom. The Balaban J connectivity index is 2.54. The number of benzene rings is 2. The molecule has 1 atom stereocenters. The molecule has 0 spiro atoms. The van der Waals surface area contributed by atoms with E-state index in [2.05, 4.69) is 5.32 Å². The summed E-state index contributed by atoms with van der Waals surface area (Å²) in [7, 11) is 3.40. The predicted octanol–water partition coefficient (Wildman–Crippen LogP) is 4.10. The first-order valence-electron chi connectivity index (χ1n) is 6.33. The highest BCUT2D eigenvalue weighted by Crippen LogP contribution is 2.32. The van der Waals surface area contributed by atoms with Crippen molar-refractivity contribution in [3.05, 3.63) is 63.9 Å². The van der Waals surface area contributed by atoms with Crippen molar-refractivity contribution in [2.24, 2.45) is 0 Å². The van der Waals surface area contributed by atoms with Crippen LogP contribution in [0.5, 0.6) is 5.75 Å². The van der Waals surface area contributed by atoms with Gasteiger partial charge in [0.2, 0.25) is 0 Å². The Bertz CT molecular complexity index is 615. The van der Waals surface area contributed by atoms with Crippen LogP contribution in [0.4, 0.5) is 4.39 Å². The third kappa shape index (κ3) is 2.94. The van der Waals surface area contributed by atoms with Crippen LogP contribution >= 0.6 is 11.6 Å². The molecule has 2 nitrogen and oxygen atoms in total. The molecular weight excluding hydrogens is 277 g/mol. The molecule has 0 fully saturated rings. The molecule has 0 saturated heterocycles. The maximum Gasteiger partial charge on any atom is 0.129 e. The van der Waals surface area contributed by atoms with Crippen molar-refractivity contribution in [2.45, 2.75) is 13.0 Å². The summed E-state index contributed by atoms with van der Waals surface area (Å²) in [6.07, 6.45) is 0. The highest BCUT2D eigenvalue weighted by molar-refractivity contribution is 6.30. The number of halogens is 2. The summed E-state index contributed by atoms with van der Waals surface area (Å²) in [6, 6.07) is 10.3. The van der Waals surface area contributed by atoms with E-state index < -0.39 is 0 Å². The van der Waals surface area contributed by atoms with Gasteiger partial charge in [-0.3, -0.25) is 0 Å². The standard InChI is InChI=1S/C16H17ClFNO/c1-10-4-7-15(20-3)13(8-10)16(19-2)12-6-5-11(17)9-14(12)18/h4-9,16,19H,1-3H3. The molecule has 0 heterocycles. The molecule has 2 rings (SSSR count). The molecular formula is C16H17ClFNO. The zero-order valence-corrected chi connectivity index (χ0v) is 12.5. The molecule has 20 heavy (non-hydrogen) atoms. The van der Waals surface area contributed by atoms with Gasteiger partial charge in [0.25, 0.3) is 0 Å². The van der Waals surface area contributed by atoms with Crippen LogP contribution in [0.2, 0.25) is 5.02 Å². The zero-order valence-electron chi connectivity index (χ0n) is 11.7. The number of methoxy groups -OCH3 is 1. The van der Waals surface area contributed by atoms with Crippen LogP contribution in [0.3, 0.4) is 0 Å². The first-order chi connectivity index (χ1) is 9.56. The van der Waals surface area contributed by atoms with Gasteiger partial charge in [-0.25, -0.2) is 4.39 Å². The first kappa shape index (κ1) is 14.8. The molecule has 0 radical (unpaired) electrons. The average Bonchev–Trinajstić information content (AvgIpc) is 2.42. The Kier molecular flexibility index (Phi) is 4.63. The third-order valence-electron chi connectivity index (χ3n) is 3.26. The summed E-state index contributed by atoms with van der Waals surface area (Å²) in [6.45, 7) is 1.99. The van der Waals surface area contributed by atoms with E-state index >= 15 is 0 Å². The van der Waals surface area contributed by atoms with Gasteiger partial charge in [-0.15, -0.1) is 0 Å². The van der Waals surface area contributed by atoms with Crippen LogP contribution in [-0.4, -0.2) is 14.2 Å². The summed E-state index contributed by atoms with van der Waals surface area (Å²) in [5.74, 6) is 0.393. The summed E-state index contributed by atoms with van der Waals surface area (Å²) in [4.78, 5) is 0. The summed E-state index contributed by atoms with van der Waals surface area (Å²) < 4.78 is 19.5. The van der Waals surface area contributed by atoms with Crippen molar-refractivity contribution in [3.8, 4) is 5.75 Å². The van der Waals surface area contributed by atoms with E-state index in [9.17, 15) is 4.39 Å². The van der Waals surface area contributed by atoms with Crippen LogP contribution in [0.25, 0.3) is 0 Å². The van der Waals surface area contributed by atoms with Gasteiger partial charge in [0.05, 0.1) is 13.2 Å². The predicted molar refractivity (Wildman–Crippen MR) is 80.0 cm³/mol. The topological polar surface area (TPSA) is 21.3 Å². The molecule has 1 N–H and O–H groups in total. The van der Waals surface area contributed by atoms with Gasteiger partial charge < -0.3 is 10.1 Å². The van der Waals surface area contributed by atoms with Gasteiger partial charge in [-0.05, 0) is 32.2 Å². The van der Waals surface area contributed by atoms with Crippen molar-refractivity contribution in [1.29, 1.82) is 0 Å². The van der Waals surface area contributed by atoms with Crippen molar-refractivity contribution in [3.63, 3.8) is 0 Å². The van der Waals surface area contributed by atoms with Crippen LogP contribution in [0.15, 0.2) is 36.4 Å². The van der Waals surface area contributed by atoms with E-state index in [0.717, 1.165) is 16.9 Å².